The van der Waals surface area contributed by atoms with Gasteiger partial charge in [-0.3, -0.25) is 4.98 Å². The Hall–Kier alpha value is -1.58. The molecule has 8 heteroatoms. The van der Waals surface area contributed by atoms with Crippen LogP contribution in [0.4, 0.5) is 0 Å². The van der Waals surface area contributed by atoms with Crippen LogP contribution in [0, 0.1) is 0 Å². The van der Waals surface area contributed by atoms with Crippen LogP contribution in [-0.2, 0) is 9.47 Å². The van der Waals surface area contributed by atoms with Gasteiger partial charge in [-0.2, -0.15) is 0 Å². The number of methoxy groups -OCH3 is 1. The summed E-state index contributed by atoms with van der Waals surface area (Å²) in [5.74, 6) is -0.787. The minimum Gasteiger partial charge on any atom is -0.453 e. The van der Waals surface area contributed by atoms with E-state index in [2.05, 4.69) is 4.98 Å². The number of aromatic nitrogens is 1. The fourth-order valence-corrected chi connectivity index (χ4v) is 2.27. The number of nitrogens with zero attached hydrogens (tertiary/aromatic N) is 1. The van der Waals surface area contributed by atoms with Gasteiger partial charge in [-0.15, -0.1) is 0 Å². The van der Waals surface area contributed by atoms with Crippen LogP contribution < -0.4 is 0 Å². The van der Waals surface area contributed by atoms with Gasteiger partial charge in [-0.25, -0.2) is 4.79 Å². The molecule has 6 unspecified atom stereocenters. The van der Waals surface area contributed by atoms with Gasteiger partial charge in [0.1, 0.15) is 30.5 Å². The molecule has 0 aliphatic heterocycles. The molecule has 2 rings (SSSR count). The first kappa shape index (κ1) is 15.8. The van der Waals surface area contributed by atoms with Crippen LogP contribution in [-0.4, -0.2) is 75.1 Å². The van der Waals surface area contributed by atoms with Crippen molar-refractivity contribution in [1.29, 1.82) is 0 Å². The number of hydrogen-bond donors (Lipinski definition) is 4. The molecule has 1 saturated carbocycles. The number of ether oxygens (including phenoxy) is 2. The van der Waals surface area contributed by atoms with Crippen molar-refractivity contribution in [3.8, 4) is 0 Å². The number of carbonyl (C=O) groups excluding carboxylic acids is 1. The Labute approximate surface area is 120 Å². The summed E-state index contributed by atoms with van der Waals surface area (Å²) >= 11 is 0. The molecule has 0 spiro atoms. The lowest BCUT2D eigenvalue weighted by molar-refractivity contribution is -0.229. The van der Waals surface area contributed by atoms with E-state index in [1.54, 1.807) is 0 Å². The van der Waals surface area contributed by atoms with Crippen molar-refractivity contribution in [3.63, 3.8) is 0 Å². The molecule has 8 nitrogen and oxygen atoms in total. The van der Waals surface area contributed by atoms with Crippen molar-refractivity contribution in [2.24, 2.45) is 0 Å². The molecule has 1 fully saturated rings. The Balaban J connectivity index is 2.18. The lowest BCUT2D eigenvalue weighted by Gasteiger charge is -2.42. The normalized spacial score (nSPS) is 36.2. The van der Waals surface area contributed by atoms with Crippen molar-refractivity contribution in [2.45, 2.75) is 36.6 Å². The van der Waals surface area contributed by atoms with Gasteiger partial charge < -0.3 is 29.9 Å². The van der Waals surface area contributed by atoms with Crippen LogP contribution in [0.2, 0.25) is 0 Å². The third kappa shape index (κ3) is 3.04. The number of rotatable bonds is 3. The zero-order valence-corrected chi connectivity index (χ0v) is 11.2. The molecule has 1 aliphatic carbocycles. The molecule has 0 bridgehead atoms. The Morgan fingerprint density at radius 3 is 2.24 bits per heavy atom. The number of esters is 1. The predicted octanol–water partition coefficient (Wildman–Crippen LogP) is -1.92. The standard InChI is InChI=1S/C13H17NO7/c1-20-11-9(17)7(15)8(16)10(18)12(11)21-13(19)6-3-2-4-14-5-6/h2-5,7-12,15-18H,1H3. The smallest absolute Gasteiger partial charge is 0.340 e. The van der Waals surface area contributed by atoms with Crippen LogP contribution >= 0.6 is 0 Å². The van der Waals surface area contributed by atoms with Crippen LogP contribution in [0.5, 0.6) is 0 Å². The summed E-state index contributed by atoms with van der Waals surface area (Å²) < 4.78 is 10.1. The Bertz CT molecular complexity index is 483. The highest BCUT2D eigenvalue weighted by molar-refractivity contribution is 5.89. The maximum atomic E-state index is 12.0. The summed E-state index contributed by atoms with van der Waals surface area (Å²) in [6, 6.07) is 3.00. The average Bonchev–Trinajstić information content (AvgIpc) is 2.51. The first-order valence-electron chi connectivity index (χ1n) is 6.33. The first-order valence-corrected chi connectivity index (χ1v) is 6.33. The number of hydrogen-bond acceptors (Lipinski definition) is 8. The molecule has 1 aromatic rings. The van der Waals surface area contributed by atoms with Crippen molar-refractivity contribution in [3.05, 3.63) is 30.1 Å². The molecule has 1 aliphatic rings. The van der Waals surface area contributed by atoms with Gasteiger partial charge in [-0.1, -0.05) is 0 Å². The van der Waals surface area contributed by atoms with E-state index in [0.29, 0.717) is 0 Å². The van der Waals surface area contributed by atoms with E-state index in [1.165, 1.54) is 31.6 Å². The number of aliphatic hydroxyl groups is 4. The minimum absolute atomic E-state index is 0.148. The van der Waals surface area contributed by atoms with Crippen molar-refractivity contribution in [2.75, 3.05) is 7.11 Å². The molecule has 0 radical (unpaired) electrons. The summed E-state index contributed by atoms with van der Waals surface area (Å²) in [5, 5.41) is 39.0. The highest BCUT2D eigenvalue weighted by atomic mass is 16.6. The third-order valence-corrected chi connectivity index (χ3v) is 3.46. The van der Waals surface area contributed by atoms with Gasteiger partial charge in [0.2, 0.25) is 0 Å². The molecular weight excluding hydrogens is 282 g/mol. The highest BCUT2D eigenvalue weighted by Crippen LogP contribution is 2.26. The second-order valence-electron chi connectivity index (χ2n) is 4.77. The quantitative estimate of drug-likeness (QED) is 0.475. The predicted molar refractivity (Wildman–Crippen MR) is 68.3 cm³/mol. The topological polar surface area (TPSA) is 129 Å². The molecule has 4 N–H and O–H groups in total. The van der Waals surface area contributed by atoms with Gasteiger partial charge in [-0.05, 0) is 12.1 Å². The van der Waals surface area contributed by atoms with Crippen LogP contribution in [0.15, 0.2) is 24.5 Å². The van der Waals surface area contributed by atoms with E-state index in [-0.39, 0.29) is 5.56 Å². The molecule has 0 aromatic carbocycles. The van der Waals surface area contributed by atoms with Crippen molar-refractivity contribution >= 4 is 5.97 Å². The summed E-state index contributed by atoms with van der Waals surface area (Å²) in [5.41, 5.74) is 0.148. The van der Waals surface area contributed by atoms with Crippen LogP contribution in [0.3, 0.4) is 0 Å². The Morgan fingerprint density at radius 2 is 1.71 bits per heavy atom. The van der Waals surface area contributed by atoms with Gasteiger partial charge in [0.15, 0.2) is 6.10 Å². The monoisotopic (exact) mass is 299 g/mol. The zero-order valence-electron chi connectivity index (χ0n) is 11.2. The molecule has 0 saturated heterocycles. The summed E-state index contributed by atoms with van der Waals surface area (Å²) in [6.45, 7) is 0. The SMILES string of the molecule is COC1C(O)C(O)C(O)C(O)C1OC(=O)c1cccnc1. The van der Waals surface area contributed by atoms with E-state index in [9.17, 15) is 25.2 Å². The molecule has 21 heavy (non-hydrogen) atoms. The maximum Gasteiger partial charge on any atom is 0.340 e. The summed E-state index contributed by atoms with van der Waals surface area (Å²) in [7, 11) is 1.23. The van der Waals surface area contributed by atoms with E-state index >= 15 is 0 Å². The van der Waals surface area contributed by atoms with E-state index < -0.39 is 42.6 Å². The minimum atomic E-state index is -1.65. The molecule has 1 heterocycles. The number of pyridine rings is 1. The fourth-order valence-electron chi connectivity index (χ4n) is 2.27. The third-order valence-electron chi connectivity index (χ3n) is 3.46. The molecule has 1 aromatic heterocycles. The largest absolute Gasteiger partial charge is 0.453 e. The van der Waals surface area contributed by atoms with Crippen LogP contribution in [0.25, 0.3) is 0 Å². The number of aliphatic hydroxyl groups excluding tert-OH is 4. The average molecular weight is 299 g/mol. The fraction of sp³-hybridized carbons (Fsp3) is 0.538. The second-order valence-corrected chi connectivity index (χ2v) is 4.77. The Morgan fingerprint density at radius 1 is 1.10 bits per heavy atom. The van der Waals surface area contributed by atoms with Gasteiger partial charge in [0, 0.05) is 19.5 Å². The maximum absolute atomic E-state index is 12.0. The van der Waals surface area contributed by atoms with Gasteiger partial charge >= 0.3 is 5.97 Å². The van der Waals surface area contributed by atoms with E-state index in [0.717, 1.165) is 0 Å². The van der Waals surface area contributed by atoms with E-state index in [1.807, 2.05) is 0 Å². The highest BCUT2D eigenvalue weighted by Gasteiger charge is 2.51. The summed E-state index contributed by atoms with van der Waals surface area (Å²) in [6.07, 6.45) is -6.07. The van der Waals surface area contributed by atoms with Crippen LogP contribution in [0.1, 0.15) is 10.4 Å². The molecule has 6 atom stereocenters. The molecule has 116 valence electrons. The molecule has 0 amide bonds. The zero-order chi connectivity index (χ0) is 15.6. The van der Waals surface area contributed by atoms with Gasteiger partial charge in [0.05, 0.1) is 5.56 Å². The summed E-state index contributed by atoms with van der Waals surface area (Å²) in [4.78, 5) is 15.7. The Kier molecular flexibility index (Phi) is 4.86. The van der Waals surface area contributed by atoms with E-state index in [4.69, 9.17) is 9.47 Å². The number of carbonyl (C=O) groups is 1. The van der Waals surface area contributed by atoms with Crippen molar-refractivity contribution in [1.82, 2.24) is 4.98 Å². The van der Waals surface area contributed by atoms with Gasteiger partial charge in [0.25, 0.3) is 0 Å². The lowest BCUT2D eigenvalue weighted by atomic mass is 9.84. The lowest BCUT2D eigenvalue weighted by Crippen LogP contribution is -2.65. The van der Waals surface area contributed by atoms with Crippen molar-refractivity contribution < 1.29 is 34.7 Å². The first-order chi connectivity index (χ1) is 9.97. The second kappa shape index (κ2) is 6.46. The molecular formula is C13H17NO7.